The van der Waals surface area contributed by atoms with E-state index in [1.165, 1.54) is 4.90 Å². The quantitative estimate of drug-likeness (QED) is 0.805. The highest BCUT2D eigenvalue weighted by Crippen LogP contribution is 2.23. The molecule has 1 saturated heterocycles. The summed E-state index contributed by atoms with van der Waals surface area (Å²) >= 11 is 0. The number of Topliss-reactive ketones (excluding diaryl/α,β-unsaturated/α-hetero) is 1. The molecule has 5 nitrogen and oxygen atoms in total. The van der Waals surface area contributed by atoms with Crippen LogP contribution in [0.5, 0.6) is 0 Å². The first kappa shape index (κ1) is 16.9. The predicted molar refractivity (Wildman–Crippen MR) is 92.7 cm³/mol. The highest BCUT2D eigenvalue weighted by atomic mass is 16.6. The standard InChI is InChI=1S/C20H19NO4/c1-2-19(23)25-18-12-17(22)13-21(18)20(24)16-10-8-15(9-11-16)14-6-4-3-5-7-14/h3-11,18H,2,12-13H2,1H3/t18-/m0/s1. The van der Waals surface area contributed by atoms with Crippen LogP contribution in [0.3, 0.4) is 0 Å². The van der Waals surface area contributed by atoms with Gasteiger partial charge in [-0.1, -0.05) is 49.4 Å². The zero-order valence-corrected chi connectivity index (χ0v) is 14.0. The van der Waals surface area contributed by atoms with Crippen LogP contribution < -0.4 is 0 Å². The fraction of sp³-hybridized carbons (Fsp3) is 0.250. The summed E-state index contributed by atoms with van der Waals surface area (Å²) in [4.78, 5) is 37.3. The second kappa shape index (κ2) is 7.30. The van der Waals surface area contributed by atoms with Crippen LogP contribution in [0.2, 0.25) is 0 Å². The molecule has 1 aliphatic heterocycles. The van der Waals surface area contributed by atoms with Crippen molar-refractivity contribution in [1.29, 1.82) is 0 Å². The zero-order valence-electron chi connectivity index (χ0n) is 14.0. The topological polar surface area (TPSA) is 63.7 Å². The van der Waals surface area contributed by atoms with E-state index in [4.69, 9.17) is 4.74 Å². The summed E-state index contributed by atoms with van der Waals surface area (Å²) in [6.45, 7) is 1.65. The average Bonchev–Trinajstić information content (AvgIpc) is 3.02. The van der Waals surface area contributed by atoms with E-state index in [0.717, 1.165) is 11.1 Å². The van der Waals surface area contributed by atoms with E-state index in [1.54, 1.807) is 19.1 Å². The van der Waals surface area contributed by atoms with Crippen LogP contribution in [-0.2, 0) is 14.3 Å². The summed E-state index contributed by atoms with van der Waals surface area (Å²) in [5, 5.41) is 0. The lowest BCUT2D eigenvalue weighted by atomic mass is 10.0. The van der Waals surface area contributed by atoms with Crippen molar-refractivity contribution >= 4 is 17.7 Å². The molecule has 2 aromatic carbocycles. The number of carbonyl (C=O) groups is 3. The first-order valence-corrected chi connectivity index (χ1v) is 8.26. The van der Waals surface area contributed by atoms with Crippen molar-refractivity contribution < 1.29 is 19.1 Å². The summed E-state index contributed by atoms with van der Waals surface area (Å²) in [6, 6.07) is 17.0. The third-order valence-electron chi connectivity index (χ3n) is 4.15. The maximum atomic E-state index is 12.7. The summed E-state index contributed by atoms with van der Waals surface area (Å²) in [6.07, 6.45) is -0.542. The number of ketones is 1. The van der Waals surface area contributed by atoms with Crippen molar-refractivity contribution in [3.63, 3.8) is 0 Å². The van der Waals surface area contributed by atoms with Gasteiger partial charge in [-0.25, -0.2) is 0 Å². The molecule has 1 aliphatic rings. The molecule has 3 rings (SSSR count). The van der Waals surface area contributed by atoms with Crippen LogP contribution in [-0.4, -0.2) is 35.3 Å². The molecular weight excluding hydrogens is 318 g/mol. The highest BCUT2D eigenvalue weighted by Gasteiger charge is 2.36. The maximum Gasteiger partial charge on any atom is 0.307 e. The summed E-state index contributed by atoms with van der Waals surface area (Å²) in [7, 11) is 0. The average molecular weight is 337 g/mol. The van der Waals surface area contributed by atoms with Gasteiger partial charge >= 0.3 is 5.97 Å². The van der Waals surface area contributed by atoms with E-state index >= 15 is 0 Å². The summed E-state index contributed by atoms with van der Waals surface area (Å²) in [5.74, 6) is -0.834. The van der Waals surface area contributed by atoms with E-state index in [9.17, 15) is 14.4 Å². The molecule has 0 N–H and O–H groups in total. The monoisotopic (exact) mass is 337 g/mol. The number of hydrogen-bond acceptors (Lipinski definition) is 4. The molecule has 0 aliphatic carbocycles. The minimum atomic E-state index is -0.804. The fourth-order valence-corrected chi connectivity index (χ4v) is 2.81. The smallest absolute Gasteiger partial charge is 0.307 e. The Bertz CT molecular complexity index is 783. The Morgan fingerprint density at radius 3 is 2.32 bits per heavy atom. The van der Waals surface area contributed by atoms with Crippen molar-refractivity contribution in [3.8, 4) is 11.1 Å². The van der Waals surface area contributed by atoms with Crippen LogP contribution >= 0.6 is 0 Å². The van der Waals surface area contributed by atoms with Crippen molar-refractivity contribution in [2.24, 2.45) is 0 Å². The van der Waals surface area contributed by atoms with Gasteiger partial charge in [-0.2, -0.15) is 0 Å². The molecule has 1 amide bonds. The van der Waals surface area contributed by atoms with E-state index in [1.807, 2.05) is 42.5 Å². The van der Waals surface area contributed by atoms with Crippen molar-refractivity contribution in [1.82, 2.24) is 4.90 Å². The number of ether oxygens (including phenoxy) is 1. The van der Waals surface area contributed by atoms with Gasteiger partial charge in [0, 0.05) is 12.0 Å². The zero-order chi connectivity index (χ0) is 17.8. The largest absolute Gasteiger partial charge is 0.441 e. The Balaban J connectivity index is 1.77. The molecule has 0 spiro atoms. The number of esters is 1. The van der Waals surface area contributed by atoms with Gasteiger partial charge in [0.2, 0.25) is 0 Å². The molecule has 5 heteroatoms. The molecule has 0 saturated carbocycles. The van der Waals surface area contributed by atoms with Gasteiger partial charge in [0.15, 0.2) is 12.0 Å². The Morgan fingerprint density at radius 2 is 1.68 bits per heavy atom. The molecule has 0 radical (unpaired) electrons. The molecule has 2 aromatic rings. The lowest BCUT2D eigenvalue weighted by molar-refractivity contribution is -0.154. The molecule has 25 heavy (non-hydrogen) atoms. The van der Waals surface area contributed by atoms with Crippen molar-refractivity contribution in [2.45, 2.75) is 26.0 Å². The first-order chi connectivity index (χ1) is 12.1. The SMILES string of the molecule is CCC(=O)O[C@H]1CC(=O)CN1C(=O)c1ccc(-c2ccccc2)cc1. The lowest BCUT2D eigenvalue weighted by Crippen LogP contribution is -2.38. The van der Waals surface area contributed by atoms with Gasteiger partial charge in [0.25, 0.3) is 5.91 Å². The fourth-order valence-electron chi connectivity index (χ4n) is 2.81. The molecule has 0 unspecified atom stereocenters. The third-order valence-corrected chi connectivity index (χ3v) is 4.15. The molecule has 128 valence electrons. The van der Waals surface area contributed by atoms with Crippen LogP contribution in [0, 0.1) is 0 Å². The third kappa shape index (κ3) is 3.76. The number of hydrogen-bond donors (Lipinski definition) is 0. The summed E-state index contributed by atoms with van der Waals surface area (Å²) in [5.41, 5.74) is 2.53. The van der Waals surface area contributed by atoms with Gasteiger partial charge in [-0.3, -0.25) is 19.3 Å². The number of likely N-dealkylation sites (tertiary alicyclic amines) is 1. The van der Waals surface area contributed by atoms with Gasteiger partial charge in [0.05, 0.1) is 13.0 Å². The molecule has 1 fully saturated rings. The molecule has 0 aromatic heterocycles. The number of rotatable bonds is 4. The van der Waals surface area contributed by atoms with Crippen molar-refractivity contribution in [2.75, 3.05) is 6.54 Å². The molecule has 1 heterocycles. The lowest BCUT2D eigenvalue weighted by Gasteiger charge is -2.23. The number of benzene rings is 2. The van der Waals surface area contributed by atoms with Crippen LogP contribution in [0.25, 0.3) is 11.1 Å². The van der Waals surface area contributed by atoms with Crippen LogP contribution in [0.4, 0.5) is 0 Å². The van der Waals surface area contributed by atoms with Gasteiger partial charge < -0.3 is 4.74 Å². The normalized spacial score (nSPS) is 16.8. The van der Waals surface area contributed by atoms with Gasteiger partial charge in [0.1, 0.15) is 0 Å². The second-order valence-corrected chi connectivity index (χ2v) is 5.92. The molecule has 1 atom stereocenters. The van der Waals surface area contributed by atoms with E-state index in [2.05, 4.69) is 0 Å². The number of carbonyl (C=O) groups excluding carboxylic acids is 3. The predicted octanol–water partition coefficient (Wildman–Crippen LogP) is 3.05. The van der Waals surface area contributed by atoms with Gasteiger partial charge in [-0.15, -0.1) is 0 Å². The Labute approximate surface area is 146 Å². The number of nitrogens with zero attached hydrogens (tertiary/aromatic N) is 1. The maximum absolute atomic E-state index is 12.7. The first-order valence-electron chi connectivity index (χ1n) is 8.26. The van der Waals surface area contributed by atoms with E-state index in [-0.39, 0.29) is 31.1 Å². The Hall–Kier alpha value is -2.95. The van der Waals surface area contributed by atoms with Crippen molar-refractivity contribution in [3.05, 3.63) is 60.2 Å². The Kier molecular flexibility index (Phi) is 4.93. The highest BCUT2D eigenvalue weighted by molar-refractivity contribution is 5.99. The van der Waals surface area contributed by atoms with Crippen LogP contribution in [0.15, 0.2) is 54.6 Å². The number of amides is 1. The second-order valence-electron chi connectivity index (χ2n) is 5.92. The minimum Gasteiger partial charge on any atom is -0.441 e. The molecule has 0 bridgehead atoms. The molecular formula is C20H19NO4. The van der Waals surface area contributed by atoms with Gasteiger partial charge in [-0.05, 0) is 23.3 Å². The van der Waals surface area contributed by atoms with E-state index < -0.39 is 12.2 Å². The van der Waals surface area contributed by atoms with Crippen LogP contribution in [0.1, 0.15) is 30.1 Å². The summed E-state index contributed by atoms with van der Waals surface area (Å²) < 4.78 is 5.22. The van der Waals surface area contributed by atoms with E-state index in [0.29, 0.717) is 5.56 Å². The Morgan fingerprint density at radius 1 is 1.04 bits per heavy atom. The minimum absolute atomic E-state index is 0.0269.